The SMILES string of the molecule is COc1ccc(Cl)cc1C(c1ccc(C(F)(F)F)cc1)N1CCNCC1. The van der Waals surface area contributed by atoms with E-state index >= 15 is 0 Å². The van der Waals surface area contributed by atoms with Crippen molar-refractivity contribution < 1.29 is 17.9 Å². The van der Waals surface area contributed by atoms with E-state index in [4.69, 9.17) is 16.3 Å². The third-order valence-electron chi connectivity index (χ3n) is 4.56. The quantitative estimate of drug-likeness (QED) is 0.847. The number of halogens is 4. The molecule has 1 saturated heterocycles. The molecule has 3 nitrogen and oxygen atoms in total. The van der Waals surface area contributed by atoms with E-state index in [0.717, 1.165) is 49.4 Å². The minimum absolute atomic E-state index is 0.229. The Morgan fingerprint density at radius 1 is 1.08 bits per heavy atom. The van der Waals surface area contributed by atoms with Crippen LogP contribution in [0.4, 0.5) is 13.2 Å². The molecule has 1 heterocycles. The molecule has 0 aromatic heterocycles. The van der Waals surface area contributed by atoms with Crippen LogP contribution in [0.25, 0.3) is 0 Å². The molecule has 1 unspecified atom stereocenters. The first-order valence-corrected chi connectivity index (χ1v) is 8.73. The molecule has 0 amide bonds. The smallest absolute Gasteiger partial charge is 0.416 e. The number of nitrogens with one attached hydrogen (secondary N) is 1. The number of hydrogen-bond acceptors (Lipinski definition) is 3. The summed E-state index contributed by atoms with van der Waals surface area (Å²) in [4.78, 5) is 2.23. The van der Waals surface area contributed by atoms with Crippen LogP contribution in [0.1, 0.15) is 22.7 Å². The molecule has 2 aromatic carbocycles. The van der Waals surface area contributed by atoms with Gasteiger partial charge in [-0.25, -0.2) is 0 Å². The average Bonchev–Trinajstić information content (AvgIpc) is 2.63. The number of hydrogen-bond donors (Lipinski definition) is 1. The van der Waals surface area contributed by atoms with Crippen molar-refractivity contribution in [2.75, 3.05) is 33.3 Å². The fourth-order valence-electron chi connectivity index (χ4n) is 3.30. The number of ether oxygens (including phenoxy) is 1. The Morgan fingerprint density at radius 3 is 2.31 bits per heavy atom. The largest absolute Gasteiger partial charge is 0.496 e. The molecule has 7 heteroatoms. The summed E-state index contributed by atoms with van der Waals surface area (Å²) in [6.45, 7) is 3.20. The Labute approximate surface area is 155 Å². The minimum Gasteiger partial charge on any atom is -0.496 e. The highest BCUT2D eigenvalue weighted by Crippen LogP contribution is 2.38. The van der Waals surface area contributed by atoms with Gasteiger partial charge in [-0.3, -0.25) is 4.90 Å². The van der Waals surface area contributed by atoms with Gasteiger partial charge >= 0.3 is 6.18 Å². The first kappa shape index (κ1) is 19.0. The minimum atomic E-state index is -4.35. The van der Waals surface area contributed by atoms with Gasteiger partial charge in [-0.15, -0.1) is 0 Å². The summed E-state index contributed by atoms with van der Waals surface area (Å²) in [7, 11) is 1.58. The second-order valence-corrected chi connectivity index (χ2v) is 6.63. The molecule has 1 atom stereocenters. The normalized spacial score (nSPS) is 17.1. The summed E-state index contributed by atoms with van der Waals surface area (Å²) in [6, 6.07) is 10.5. The van der Waals surface area contributed by atoms with Gasteiger partial charge in [0.15, 0.2) is 0 Å². The van der Waals surface area contributed by atoms with Gasteiger partial charge in [-0.1, -0.05) is 23.7 Å². The second-order valence-electron chi connectivity index (χ2n) is 6.19. The predicted octanol–water partition coefficient (Wildman–Crippen LogP) is 4.36. The Bertz CT molecular complexity index is 743. The zero-order valence-corrected chi connectivity index (χ0v) is 15.1. The van der Waals surface area contributed by atoms with Crippen LogP contribution in [0.5, 0.6) is 5.75 Å². The van der Waals surface area contributed by atoms with E-state index < -0.39 is 11.7 Å². The van der Waals surface area contributed by atoms with E-state index in [1.54, 1.807) is 19.2 Å². The third-order valence-corrected chi connectivity index (χ3v) is 4.79. The monoisotopic (exact) mass is 384 g/mol. The van der Waals surface area contributed by atoms with Crippen LogP contribution in [0, 0.1) is 0 Å². The number of alkyl halides is 3. The van der Waals surface area contributed by atoms with Crippen molar-refractivity contribution in [3.8, 4) is 5.75 Å². The summed E-state index contributed by atoms with van der Waals surface area (Å²) in [5.74, 6) is 0.665. The fraction of sp³-hybridized carbons (Fsp3) is 0.368. The number of benzene rings is 2. The molecular formula is C19H20ClF3N2O. The number of piperazine rings is 1. The zero-order valence-electron chi connectivity index (χ0n) is 14.3. The topological polar surface area (TPSA) is 24.5 Å². The van der Waals surface area contributed by atoms with Crippen molar-refractivity contribution in [1.82, 2.24) is 10.2 Å². The molecule has 2 aromatic rings. The van der Waals surface area contributed by atoms with Crippen molar-refractivity contribution in [1.29, 1.82) is 0 Å². The van der Waals surface area contributed by atoms with Crippen LogP contribution < -0.4 is 10.1 Å². The maximum Gasteiger partial charge on any atom is 0.416 e. The lowest BCUT2D eigenvalue weighted by Gasteiger charge is -2.36. The molecule has 1 fully saturated rings. The van der Waals surface area contributed by atoms with Crippen LogP contribution in [-0.4, -0.2) is 38.2 Å². The molecule has 140 valence electrons. The molecule has 0 bridgehead atoms. The van der Waals surface area contributed by atoms with Crippen LogP contribution in [0.2, 0.25) is 5.02 Å². The van der Waals surface area contributed by atoms with Crippen molar-refractivity contribution >= 4 is 11.6 Å². The Morgan fingerprint density at radius 2 is 1.73 bits per heavy atom. The fourth-order valence-corrected chi connectivity index (χ4v) is 3.48. The molecular weight excluding hydrogens is 365 g/mol. The van der Waals surface area contributed by atoms with Gasteiger partial charge in [-0.05, 0) is 35.9 Å². The van der Waals surface area contributed by atoms with E-state index in [0.29, 0.717) is 10.8 Å². The first-order chi connectivity index (χ1) is 12.4. The highest BCUT2D eigenvalue weighted by atomic mass is 35.5. The lowest BCUT2D eigenvalue weighted by Crippen LogP contribution is -2.45. The summed E-state index contributed by atoms with van der Waals surface area (Å²) < 4.78 is 44.2. The lowest BCUT2D eigenvalue weighted by molar-refractivity contribution is -0.137. The summed E-state index contributed by atoms with van der Waals surface area (Å²) in [6.07, 6.45) is -4.35. The van der Waals surface area contributed by atoms with E-state index in [1.807, 2.05) is 6.07 Å². The Hall–Kier alpha value is -1.76. The molecule has 1 aliphatic heterocycles. The summed E-state index contributed by atoms with van der Waals surface area (Å²) in [5, 5.41) is 3.86. The zero-order chi connectivity index (χ0) is 18.7. The maximum absolute atomic E-state index is 12.9. The van der Waals surface area contributed by atoms with Crippen molar-refractivity contribution in [3.63, 3.8) is 0 Å². The van der Waals surface area contributed by atoms with Crippen LogP contribution in [0.15, 0.2) is 42.5 Å². The predicted molar refractivity (Wildman–Crippen MR) is 95.7 cm³/mol. The number of nitrogens with zero attached hydrogens (tertiary/aromatic N) is 1. The van der Waals surface area contributed by atoms with Crippen LogP contribution >= 0.6 is 11.6 Å². The maximum atomic E-state index is 12.9. The van der Waals surface area contributed by atoms with E-state index in [1.165, 1.54) is 12.1 Å². The number of methoxy groups -OCH3 is 1. The van der Waals surface area contributed by atoms with Crippen molar-refractivity contribution in [3.05, 3.63) is 64.2 Å². The van der Waals surface area contributed by atoms with Crippen LogP contribution in [-0.2, 0) is 6.18 Å². The van der Waals surface area contributed by atoms with Gasteiger partial charge in [0.2, 0.25) is 0 Å². The first-order valence-electron chi connectivity index (χ1n) is 8.35. The Balaban J connectivity index is 2.05. The summed E-state index contributed by atoms with van der Waals surface area (Å²) in [5.41, 5.74) is 0.973. The van der Waals surface area contributed by atoms with E-state index in [2.05, 4.69) is 10.2 Å². The average molecular weight is 385 g/mol. The highest BCUT2D eigenvalue weighted by Gasteiger charge is 2.31. The number of rotatable bonds is 4. The molecule has 0 spiro atoms. The molecule has 3 rings (SSSR count). The molecule has 1 aliphatic rings. The van der Waals surface area contributed by atoms with E-state index in [9.17, 15) is 13.2 Å². The molecule has 0 saturated carbocycles. The third kappa shape index (κ3) is 4.14. The van der Waals surface area contributed by atoms with Gasteiger partial charge < -0.3 is 10.1 Å². The van der Waals surface area contributed by atoms with Gasteiger partial charge in [0.05, 0.1) is 18.7 Å². The summed E-state index contributed by atoms with van der Waals surface area (Å²) >= 11 is 6.19. The highest BCUT2D eigenvalue weighted by molar-refractivity contribution is 6.30. The van der Waals surface area contributed by atoms with Gasteiger partial charge in [0.1, 0.15) is 5.75 Å². The van der Waals surface area contributed by atoms with Crippen LogP contribution in [0.3, 0.4) is 0 Å². The van der Waals surface area contributed by atoms with Gasteiger partial charge in [-0.2, -0.15) is 13.2 Å². The van der Waals surface area contributed by atoms with Crippen molar-refractivity contribution in [2.45, 2.75) is 12.2 Å². The standard InChI is InChI=1S/C19H20ClF3N2O/c1-26-17-7-6-15(20)12-16(17)18(25-10-8-24-9-11-25)13-2-4-14(5-3-13)19(21,22)23/h2-7,12,18,24H,8-11H2,1H3. The molecule has 26 heavy (non-hydrogen) atoms. The second kappa shape index (κ2) is 7.86. The Kier molecular flexibility index (Phi) is 5.75. The molecule has 0 radical (unpaired) electrons. The van der Waals surface area contributed by atoms with Gasteiger partial charge in [0, 0.05) is 36.8 Å². The lowest BCUT2D eigenvalue weighted by atomic mass is 9.94. The van der Waals surface area contributed by atoms with E-state index in [-0.39, 0.29) is 6.04 Å². The molecule has 1 N–H and O–H groups in total. The van der Waals surface area contributed by atoms with Crippen molar-refractivity contribution in [2.24, 2.45) is 0 Å². The molecule has 0 aliphatic carbocycles. The van der Waals surface area contributed by atoms with Gasteiger partial charge in [0.25, 0.3) is 0 Å².